The fourth-order valence-electron chi connectivity index (χ4n) is 2.02. The largest absolute Gasteiger partial charge is 0.479 e. The third-order valence-corrected chi connectivity index (χ3v) is 4.47. The molecule has 2 unspecified atom stereocenters. The van der Waals surface area contributed by atoms with Gasteiger partial charge in [-0.15, -0.1) is 11.3 Å². The summed E-state index contributed by atoms with van der Waals surface area (Å²) in [6, 6.07) is 1.84. The van der Waals surface area contributed by atoms with Crippen LogP contribution >= 0.6 is 11.3 Å². The molecule has 0 aliphatic carbocycles. The molecule has 1 N–H and O–H groups in total. The van der Waals surface area contributed by atoms with E-state index in [-0.39, 0.29) is 12.2 Å². The topological polar surface area (TPSA) is 63.6 Å². The van der Waals surface area contributed by atoms with Crippen molar-refractivity contribution in [3.63, 3.8) is 0 Å². The molecule has 0 bridgehead atoms. The van der Waals surface area contributed by atoms with Gasteiger partial charge in [0.25, 0.3) is 0 Å². The third kappa shape index (κ3) is 1.89. The van der Waals surface area contributed by atoms with E-state index in [2.05, 4.69) is 6.58 Å². The number of ketones is 1. The van der Waals surface area contributed by atoms with Gasteiger partial charge in [-0.25, -0.2) is 4.79 Å². The molecule has 1 saturated heterocycles. The van der Waals surface area contributed by atoms with Crippen molar-refractivity contribution in [3.8, 4) is 0 Å². The van der Waals surface area contributed by atoms with Gasteiger partial charge >= 0.3 is 5.97 Å². The first kappa shape index (κ1) is 13.0. The highest BCUT2D eigenvalue weighted by atomic mass is 32.1. The van der Waals surface area contributed by atoms with Crippen LogP contribution in [0.1, 0.15) is 28.7 Å². The minimum absolute atomic E-state index is 0.0772. The number of carboxylic acids is 1. The maximum Gasteiger partial charge on any atom is 0.333 e. The number of hydrogen-bond donors (Lipinski definition) is 1. The van der Waals surface area contributed by atoms with E-state index in [0.29, 0.717) is 0 Å². The summed E-state index contributed by atoms with van der Waals surface area (Å²) in [5, 5.41) is 8.93. The smallest absolute Gasteiger partial charge is 0.333 e. The lowest BCUT2D eigenvalue weighted by molar-refractivity contribution is -0.154. The van der Waals surface area contributed by atoms with Gasteiger partial charge < -0.3 is 9.84 Å². The molecular weight excluding hydrogens is 252 g/mol. The van der Waals surface area contributed by atoms with Gasteiger partial charge in [-0.2, -0.15) is 0 Å². The van der Waals surface area contributed by atoms with Crippen LogP contribution in [-0.2, 0) is 19.9 Å². The fraction of sp³-hybridized carbons (Fsp3) is 0.385. The summed E-state index contributed by atoms with van der Waals surface area (Å²) in [6.45, 7) is 7.27. The first-order chi connectivity index (χ1) is 8.38. The Bertz CT molecular complexity index is 531. The molecule has 96 valence electrons. The summed E-state index contributed by atoms with van der Waals surface area (Å²) in [5.41, 5.74) is -0.189. The highest BCUT2D eigenvalue weighted by molar-refractivity contribution is 7.12. The van der Waals surface area contributed by atoms with Crippen molar-refractivity contribution in [2.75, 3.05) is 0 Å². The Kier molecular flexibility index (Phi) is 3.12. The van der Waals surface area contributed by atoms with Gasteiger partial charge in [-0.1, -0.05) is 12.7 Å². The number of thiophene rings is 1. The van der Waals surface area contributed by atoms with Crippen molar-refractivity contribution >= 4 is 29.2 Å². The van der Waals surface area contributed by atoms with Crippen LogP contribution in [0.2, 0.25) is 0 Å². The number of Topliss-reactive ketones (excluding diaryl/α,β-unsaturated/α-hetero) is 1. The van der Waals surface area contributed by atoms with Gasteiger partial charge in [0.05, 0.1) is 0 Å². The second-order valence-electron chi connectivity index (χ2n) is 4.43. The number of ether oxygens (including phenoxy) is 1. The number of aryl methyl sites for hydroxylation is 1. The van der Waals surface area contributed by atoms with E-state index in [9.17, 15) is 9.59 Å². The molecule has 2 atom stereocenters. The van der Waals surface area contributed by atoms with Crippen molar-refractivity contribution in [2.24, 2.45) is 0 Å². The van der Waals surface area contributed by atoms with E-state index in [0.717, 1.165) is 15.3 Å². The molecule has 0 spiro atoms. The zero-order valence-electron chi connectivity index (χ0n) is 10.2. The highest BCUT2D eigenvalue weighted by Crippen LogP contribution is 2.40. The summed E-state index contributed by atoms with van der Waals surface area (Å²) in [7, 11) is 0. The van der Waals surface area contributed by atoms with Crippen LogP contribution in [0.5, 0.6) is 0 Å². The van der Waals surface area contributed by atoms with Crippen molar-refractivity contribution in [2.45, 2.75) is 32.0 Å². The molecule has 5 heteroatoms. The van der Waals surface area contributed by atoms with Gasteiger partial charge in [0, 0.05) is 16.2 Å². The Morgan fingerprint density at radius 2 is 2.39 bits per heavy atom. The van der Waals surface area contributed by atoms with Crippen LogP contribution in [0.3, 0.4) is 0 Å². The predicted octanol–water partition coefficient (Wildman–Crippen LogP) is 2.36. The third-order valence-electron chi connectivity index (χ3n) is 3.20. The summed E-state index contributed by atoms with van der Waals surface area (Å²) >= 11 is 1.44. The summed E-state index contributed by atoms with van der Waals surface area (Å²) in [6.07, 6.45) is 0.594. The second kappa shape index (κ2) is 4.33. The normalized spacial score (nSPS) is 27.4. The second-order valence-corrected chi connectivity index (χ2v) is 5.69. The van der Waals surface area contributed by atoms with E-state index in [4.69, 9.17) is 9.84 Å². The molecule has 18 heavy (non-hydrogen) atoms. The minimum Gasteiger partial charge on any atom is -0.479 e. The Morgan fingerprint density at radius 3 is 2.83 bits per heavy atom. The number of aliphatic carboxylic acids is 1. The van der Waals surface area contributed by atoms with E-state index in [1.807, 2.05) is 13.0 Å². The lowest BCUT2D eigenvalue weighted by atomic mass is 9.98. The van der Waals surface area contributed by atoms with Gasteiger partial charge in [0.15, 0.2) is 17.5 Å². The van der Waals surface area contributed by atoms with Crippen molar-refractivity contribution < 1.29 is 19.4 Å². The number of rotatable bonds is 3. The number of carbonyl (C=O) groups excluding carboxylic acids is 1. The van der Waals surface area contributed by atoms with Gasteiger partial charge in [-0.05, 0) is 25.5 Å². The van der Waals surface area contributed by atoms with Crippen molar-refractivity contribution in [1.82, 2.24) is 0 Å². The molecule has 2 rings (SSSR count). The zero-order valence-corrected chi connectivity index (χ0v) is 11.0. The molecule has 2 heterocycles. The van der Waals surface area contributed by atoms with Crippen LogP contribution in [0.4, 0.5) is 0 Å². The molecule has 1 fully saturated rings. The molecular formula is C13H14O4S. The van der Waals surface area contributed by atoms with Crippen LogP contribution in [-0.4, -0.2) is 23.0 Å². The van der Waals surface area contributed by atoms with Crippen LogP contribution in [0.15, 0.2) is 12.6 Å². The number of hydrogen-bond acceptors (Lipinski definition) is 4. The molecule has 0 radical (unpaired) electrons. The van der Waals surface area contributed by atoms with Crippen LogP contribution < -0.4 is 0 Å². The van der Waals surface area contributed by atoms with E-state index in [1.54, 1.807) is 13.0 Å². The van der Waals surface area contributed by atoms with Crippen LogP contribution in [0, 0.1) is 6.92 Å². The first-order valence-corrected chi connectivity index (χ1v) is 6.37. The summed E-state index contributed by atoms with van der Waals surface area (Å²) < 4.78 is 5.45. The lowest BCUT2D eigenvalue weighted by Gasteiger charge is -2.20. The molecule has 0 saturated carbocycles. The molecule has 1 aliphatic rings. The Morgan fingerprint density at radius 1 is 1.72 bits per heavy atom. The maximum absolute atomic E-state index is 12.0. The average Bonchev–Trinajstić information content (AvgIpc) is 2.82. The monoisotopic (exact) mass is 266 g/mol. The first-order valence-electron chi connectivity index (χ1n) is 5.55. The van der Waals surface area contributed by atoms with Gasteiger partial charge in [0.1, 0.15) is 0 Å². The van der Waals surface area contributed by atoms with Crippen LogP contribution in [0.25, 0.3) is 6.08 Å². The minimum atomic E-state index is -1.14. The molecule has 4 nitrogen and oxygen atoms in total. The Labute approximate surface area is 109 Å². The Balaban J connectivity index is 2.39. The maximum atomic E-state index is 12.0. The predicted molar refractivity (Wildman–Crippen MR) is 68.6 cm³/mol. The SMILES string of the molecule is C=Cc1cc(C2(C)OC(C(=O)O)CC2=O)sc1C. The summed E-state index contributed by atoms with van der Waals surface area (Å²) in [4.78, 5) is 24.7. The highest BCUT2D eigenvalue weighted by Gasteiger charge is 2.49. The number of carboxylic acid groups (broad SMARTS) is 1. The van der Waals surface area contributed by atoms with Crippen molar-refractivity contribution in [3.05, 3.63) is 28.0 Å². The Hall–Kier alpha value is -1.46. The molecule has 1 aromatic rings. The summed E-state index contributed by atoms with van der Waals surface area (Å²) in [5.74, 6) is -1.28. The molecule has 1 aliphatic heterocycles. The van der Waals surface area contributed by atoms with E-state index >= 15 is 0 Å². The standard InChI is InChI=1S/C13H14O4S/c1-4-8-5-11(18-7(8)2)13(3)10(14)6-9(17-13)12(15)16/h4-5,9H,1,6H2,2-3H3,(H,15,16). The molecule has 1 aromatic heterocycles. The average molecular weight is 266 g/mol. The van der Waals surface area contributed by atoms with Gasteiger partial charge in [0.2, 0.25) is 0 Å². The van der Waals surface area contributed by atoms with Crippen molar-refractivity contribution in [1.29, 1.82) is 0 Å². The van der Waals surface area contributed by atoms with E-state index in [1.165, 1.54) is 11.3 Å². The quantitative estimate of drug-likeness (QED) is 0.912. The van der Waals surface area contributed by atoms with E-state index < -0.39 is 17.7 Å². The zero-order chi connectivity index (χ0) is 13.5. The lowest BCUT2D eigenvalue weighted by Crippen LogP contribution is -2.29. The molecule has 0 amide bonds. The number of carbonyl (C=O) groups is 2. The van der Waals surface area contributed by atoms with Gasteiger partial charge in [-0.3, -0.25) is 4.79 Å². The molecule has 0 aromatic carbocycles. The fourth-order valence-corrected chi connectivity index (χ4v) is 3.15.